The molecule has 1 fully saturated rings. The highest BCUT2D eigenvalue weighted by atomic mass is 79.9. The molecule has 0 unspecified atom stereocenters. The van der Waals surface area contributed by atoms with Gasteiger partial charge >= 0.3 is 0 Å². The standard InChI is InChI=1S/C18H14Br2N2O4S/c1-9-3-4-13(10(2)5-9)21-15(23)8-22-17(24)14(27-18(22)25)7-11-6-12(19)16(20)26-11/h3-7H,8H2,1-2H3,(H,21,23)/b14-7-. The molecule has 140 valence electrons. The highest BCUT2D eigenvalue weighted by molar-refractivity contribution is 9.13. The van der Waals surface area contributed by atoms with E-state index in [0.717, 1.165) is 27.8 Å². The first-order valence-corrected chi connectivity index (χ1v) is 10.2. The highest BCUT2D eigenvalue weighted by Gasteiger charge is 2.36. The number of halogens is 2. The number of nitrogens with one attached hydrogen (secondary N) is 1. The lowest BCUT2D eigenvalue weighted by Gasteiger charge is -2.13. The van der Waals surface area contributed by atoms with Crippen LogP contribution >= 0.6 is 43.6 Å². The number of rotatable bonds is 4. The summed E-state index contributed by atoms with van der Waals surface area (Å²) in [5.41, 5.74) is 2.64. The molecule has 3 rings (SSSR count). The molecule has 0 spiro atoms. The quantitative estimate of drug-likeness (QED) is 0.575. The van der Waals surface area contributed by atoms with Gasteiger partial charge in [-0.3, -0.25) is 19.3 Å². The van der Waals surface area contributed by atoms with Crippen LogP contribution in [0.25, 0.3) is 6.08 Å². The topological polar surface area (TPSA) is 79.6 Å². The van der Waals surface area contributed by atoms with E-state index in [0.29, 0.717) is 20.6 Å². The van der Waals surface area contributed by atoms with Gasteiger partial charge in [0.1, 0.15) is 12.3 Å². The Morgan fingerprint density at radius 2 is 2.00 bits per heavy atom. The second-order valence-electron chi connectivity index (χ2n) is 5.90. The van der Waals surface area contributed by atoms with E-state index in [-0.39, 0.29) is 11.4 Å². The Morgan fingerprint density at radius 3 is 2.63 bits per heavy atom. The van der Waals surface area contributed by atoms with Crippen LogP contribution in [0.15, 0.2) is 42.7 Å². The summed E-state index contributed by atoms with van der Waals surface area (Å²) in [4.78, 5) is 38.1. The third-order valence-electron chi connectivity index (χ3n) is 3.77. The number of aryl methyl sites for hydroxylation is 2. The normalized spacial score (nSPS) is 15.7. The van der Waals surface area contributed by atoms with Gasteiger partial charge in [-0.25, -0.2) is 0 Å². The zero-order valence-corrected chi connectivity index (χ0v) is 18.3. The second-order valence-corrected chi connectivity index (χ2v) is 8.47. The Kier molecular flexibility index (Phi) is 5.92. The first-order valence-electron chi connectivity index (χ1n) is 7.82. The third kappa shape index (κ3) is 4.53. The van der Waals surface area contributed by atoms with Gasteiger partial charge in [0.15, 0.2) is 4.67 Å². The molecule has 1 aromatic carbocycles. The van der Waals surface area contributed by atoms with Crippen molar-refractivity contribution in [3.8, 4) is 0 Å². The summed E-state index contributed by atoms with van der Waals surface area (Å²) in [6.45, 7) is 3.49. The number of imide groups is 1. The van der Waals surface area contributed by atoms with Gasteiger partial charge in [0.2, 0.25) is 5.91 Å². The Labute approximate surface area is 176 Å². The van der Waals surface area contributed by atoms with Crippen molar-refractivity contribution in [2.75, 3.05) is 11.9 Å². The van der Waals surface area contributed by atoms with Gasteiger partial charge in [-0.2, -0.15) is 0 Å². The number of furan rings is 1. The number of nitrogens with zero attached hydrogens (tertiary/aromatic N) is 1. The number of thioether (sulfide) groups is 1. The summed E-state index contributed by atoms with van der Waals surface area (Å²) in [6.07, 6.45) is 1.47. The fraction of sp³-hybridized carbons (Fsp3) is 0.167. The molecule has 1 N–H and O–H groups in total. The van der Waals surface area contributed by atoms with Crippen LogP contribution in [0.3, 0.4) is 0 Å². The smallest absolute Gasteiger partial charge is 0.294 e. The monoisotopic (exact) mass is 512 g/mol. The van der Waals surface area contributed by atoms with Crippen molar-refractivity contribution in [3.63, 3.8) is 0 Å². The molecule has 0 saturated carbocycles. The Balaban J connectivity index is 1.70. The van der Waals surface area contributed by atoms with Crippen molar-refractivity contribution in [2.24, 2.45) is 0 Å². The molecule has 0 radical (unpaired) electrons. The lowest BCUT2D eigenvalue weighted by Crippen LogP contribution is -2.36. The largest absolute Gasteiger partial charge is 0.449 e. The van der Waals surface area contributed by atoms with E-state index < -0.39 is 17.1 Å². The van der Waals surface area contributed by atoms with Crippen molar-refractivity contribution in [1.29, 1.82) is 0 Å². The summed E-state index contributed by atoms with van der Waals surface area (Å²) in [5, 5.41) is 2.24. The predicted molar refractivity (Wildman–Crippen MR) is 111 cm³/mol. The molecule has 0 bridgehead atoms. The van der Waals surface area contributed by atoms with E-state index in [1.807, 2.05) is 26.0 Å². The number of hydrogen-bond donors (Lipinski definition) is 1. The molecule has 9 heteroatoms. The number of hydrogen-bond acceptors (Lipinski definition) is 5. The van der Waals surface area contributed by atoms with Crippen LogP contribution in [-0.2, 0) is 9.59 Å². The molecular weight excluding hydrogens is 500 g/mol. The molecule has 3 amide bonds. The van der Waals surface area contributed by atoms with Crippen LogP contribution in [0.4, 0.5) is 10.5 Å². The Morgan fingerprint density at radius 1 is 1.26 bits per heavy atom. The average molecular weight is 514 g/mol. The zero-order chi connectivity index (χ0) is 19.7. The third-order valence-corrected chi connectivity index (χ3v) is 6.39. The number of anilines is 1. The van der Waals surface area contributed by atoms with Gasteiger partial charge in [-0.1, -0.05) is 17.7 Å². The summed E-state index contributed by atoms with van der Waals surface area (Å²) >= 11 is 7.27. The maximum Gasteiger partial charge on any atom is 0.294 e. The highest BCUT2D eigenvalue weighted by Crippen LogP contribution is 2.34. The molecule has 2 heterocycles. The van der Waals surface area contributed by atoms with Gasteiger partial charge in [-0.05, 0) is 75.2 Å². The molecule has 1 aliphatic heterocycles. The summed E-state index contributed by atoms with van der Waals surface area (Å²) in [7, 11) is 0. The Hall–Kier alpha value is -1.84. The minimum atomic E-state index is -0.524. The average Bonchev–Trinajstić information content (AvgIpc) is 3.03. The van der Waals surface area contributed by atoms with Crippen LogP contribution in [0.5, 0.6) is 0 Å². The van der Waals surface area contributed by atoms with Crippen LogP contribution in [0, 0.1) is 13.8 Å². The van der Waals surface area contributed by atoms with E-state index in [9.17, 15) is 14.4 Å². The van der Waals surface area contributed by atoms with Gasteiger partial charge in [0.25, 0.3) is 11.1 Å². The van der Waals surface area contributed by atoms with Gasteiger partial charge in [0, 0.05) is 11.8 Å². The van der Waals surface area contributed by atoms with E-state index in [1.54, 1.807) is 12.1 Å². The van der Waals surface area contributed by atoms with Gasteiger partial charge in [-0.15, -0.1) is 0 Å². The maximum absolute atomic E-state index is 12.5. The Bertz CT molecular complexity index is 964. The lowest BCUT2D eigenvalue weighted by atomic mass is 10.1. The summed E-state index contributed by atoms with van der Waals surface area (Å²) in [5.74, 6) is -0.544. The second kappa shape index (κ2) is 8.04. The van der Waals surface area contributed by atoms with E-state index in [4.69, 9.17) is 4.42 Å². The van der Waals surface area contributed by atoms with E-state index in [1.165, 1.54) is 6.08 Å². The van der Waals surface area contributed by atoms with Gasteiger partial charge in [0.05, 0.1) is 9.38 Å². The fourth-order valence-corrected chi connectivity index (χ4v) is 3.91. The molecule has 1 saturated heterocycles. The van der Waals surface area contributed by atoms with Crippen molar-refractivity contribution in [1.82, 2.24) is 4.90 Å². The van der Waals surface area contributed by atoms with Crippen molar-refractivity contribution >= 4 is 72.4 Å². The SMILES string of the molecule is Cc1ccc(NC(=O)CN2C(=O)S/C(=C\c3cc(Br)c(Br)o3)C2=O)c(C)c1. The van der Waals surface area contributed by atoms with E-state index >= 15 is 0 Å². The molecule has 27 heavy (non-hydrogen) atoms. The first-order chi connectivity index (χ1) is 12.7. The van der Waals surface area contributed by atoms with Crippen LogP contribution in [-0.4, -0.2) is 28.5 Å². The lowest BCUT2D eigenvalue weighted by molar-refractivity contribution is -0.127. The van der Waals surface area contributed by atoms with Crippen LogP contribution < -0.4 is 5.32 Å². The van der Waals surface area contributed by atoms with Crippen molar-refractivity contribution < 1.29 is 18.8 Å². The number of amides is 3. The van der Waals surface area contributed by atoms with Crippen molar-refractivity contribution in [3.05, 3.63) is 55.2 Å². The number of benzene rings is 1. The minimum Gasteiger partial charge on any atom is -0.449 e. The molecular formula is C18H14Br2N2O4S. The molecule has 6 nitrogen and oxygen atoms in total. The van der Waals surface area contributed by atoms with Crippen LogP contribution in [0.1, 0.15) is 16.9 Å². The fourth-order valence-electron chi connectivity index (χ4n) is 2.49. The molecule has 0 atom stereocenters. The molecule has 1 aromatic heterocycles. The van der Waals surface area contributed by atoms with E-state index in [2.05, 4.69) is 37.2 Å². The number of carbonyl (C=O) groups is 3. The minimum absolute atomic E-state index is 0.202. The summed E-state index contributed by atoms with van der Waals surface area (Å²) < 4.78 is 6.58. The van der Waals surface area contributed by atoms with Gasteiger partial charge < -0.3 is 9.73 Å². The number of carbonyl (C=O) groups excluding carboxylic acids is 3. The molecule has 1 aliphatic rings. The molecule has 2 aromatic rings. The predicted octanol–water partition coefficient (Wildman–Crippen LogP) is 5.10. The zero-order valence-electron chi connectivity index (χ0n) is 14.3. The maximum atomic E-state index is 12.5. The van der Waals surface area contributed by atoms with Crippen molar-refractivity contribution in [2.45, 2.75) is 13.8 Å². The summed E-state index contributed by atoms with van der Waals surface area (Å²) in [6, 6.07) is 7.29. The van der Waals surface area contributed by atoms with Crippen LogP contribution in [0.2, 0.25) is 0 Å². The molecule has 0 aliphatic carbocycles. The first kappa shape index (κ1) is 19.9.